The van der Waals surface area contributed by atoms with E-state index in [2.05, 4.69) is 10.1 Å². The number of rotatable bonds is 9. The lowest BCUT2D eigenvalue weighted by molar-refractivity contribution is -0.137. The Morgan fingerprint density at radius 2 is 1.81 bits per heavy atom. The summed E-state index contributed by atoms with van der Waals surface area (Å²) >= 11 is 0. The highest BCUT2D eigenvalue weighted by atomic mass is 19.3. The van der Waals surface area contributed by atoms with Gasteiger partial charge in [-0.05, 0) is 30.5 Å². The minimum absolute atomic E-state index is 0.141. The first-order chi connectivity index (χ1) is 12.8. The van der Waals surface area contributed by atoms with Crippen molar-refractivity contribution in [2.45, 2.75) is 31.9 Å². The van der Waals surface area contributed by atoms with Crippen LogP contribution in [-0.2, 0) is 11.2 Å². The molecule has 1 unspecified atom stereocenters. The van der Waals surface area contributed by atoms with Gasteiger partial charge in [0.2, 0.25) is 0 Å². The highest BCUT2D eigenvalue weighted by Gasteiger charge is 2.20. The Morgan fingerprint density at radius 3 is 2.44 bits per heavy atom. The molecule has 0 fully saturated rings. The molecule has 8 heteroatoms. The number of carboxylic acid groups (broad SMARTS) is 1. The first-order valence-electron chi connectivity index (χ1n) is 8.16. The molecule has 2 aromatic rings. The number of amides is 1. The maximum atomic E-state index is 13.3. The number of ether oxygens (including phenoxy) is 1. The maximum Gasteiger partial charge on any atom is 0.387 e. The summed E-state index contributed by atoms with van der Waals surface area (Å²) in [5.41, 5.74) is 0.612. The fourth-order valence-corrected chi connectivity index (χ4v) is 2.56. The third-order valence-electron chi connectivity index (χ3n) is 3.77. The topological polar surface area (TPSA) is 75.6 Å². The number of benzene rings is 2. The van der Waals surface area contributed by atoms with Gasteiger partial charge in [0.25, 0.3) is 5.91 Å². The Kier molecular flexibility index (Phi) is 7.22. The molecule has 0 bridgehead atoms. The third-order valence-corrected chi connectivity index (χ3v) is 3.77. The smallest absolute Gasteiger partial charge is 0.387 e. The Labute approximate surface area is 153 Å². The van der Waals surface area contributed by atoms with Gasteiger partial charge in [-0.1, -0.05) is 30.3 Å². The Morgan fingerprint density at radius 1 is 1.11 bits per heavy atom. The second-order valence-corrected chi connectivity index (χ2v) is 5.81. The molecule has 0 heterocycles. The van der Waals surface area contributed by atoms with E-state index in [0.29, 0.717) is 12.5 Å². The number of carbonyl (C=O) groups excluding carboxylic acids is 1. The van der Waals surface area contributed by atoms with Crippen molar-refractivity contribution in [3.05, 3.63) is 65.5 Å². The van der Waals surface area contributed by atoms with E-state index in [0.717, 1.165) is 17.7 Å². The monoisotopic (exact) mass is 381 g/mol. The van der Waals surface area contributed by atoms with Crippen molar-refractivity contribution in [2.24, 2.45) is 0 Å². The van der Waals surface area contributed by atoms with Gasteiger partial charge in [-0.3, -0.25) is 9.59 Å². The quantitative estimate of drug-likeness (QED) is 0.696. The minimum Gasteiger partial charge on any atom is -0.481 e. The van der Waals surface area contributed by atoms with Crippen molar-refractivity contribution < 1.29 is 32.6 Å². The summed E-state index contributed by atoms with van der Waals surface area (Å²) in [7, 11) is 0. The van der Waals surface area contributed by atoms with Crippen molar-refractivity contribution in [1.82, 2.24) is 5.32 Å². The van der Waals surface area contributed by atoms with Crippen LogP contribution in [0.1, 0.15) is 28.8 Å². The van der Waals surface area contributed by atoms with Crippen LogP contribution in [0.15, 0.2) is 48.5 Å². The zero-order chi connectivity index (χ0) is 19.8. The molecule has 27 heavy (non-hydrogen) atoms. The summed E-state index contributed by atoms with van der Waals surface area (Å²) in [5, 5.41) is 11.5. The van der Waals surface area contributed by atoms with Crippen LogP contribution < -0.4 is 10.1 Å². The van der Waals surface area contributed by atoms with Crippen molar-refractivity contribution in [3.8, 4) is 5.75 Å². The van der Waals surface area contributed by atoms with Crippen LogP contribution in [0.25, 0.3) is 0 Å². The van der Waals surface area contributed by atoms with Crippen LogP contribution in [0.4, 0.5) is 13.2 Å². The zero-order valence-electron chi connectivity index (χ0n) is 14.2. The molecule has 5 nitrogen and oxygen atoms in total. The van der Waals surface area contributed by atoms with Gasteiger partial charge < -0.3 is 15.2 Å². The predicted molar refractivity (Wildman–Crippen MR) is 91.3 cm³/mol. The first kappa shape index (κ1) is 20.3. The van der Waals surface area contributed by atoms with Gasteiger partial charge in [0.15, 0.2) is 0 Å². The second-order valence-electron chi connectivity index (χ2n) is 5.81. The number of hydrogen-bond donors (Lipinski definition) is 2. The van der Waals surface area contributed by atoms with Gasteiger partial charge in [0.1, 0.15) is 11.6 Å². The predicted octanol–water partition coefficient (Wildman–Crippen LogP) is 3.63. The molecule has 0 aromatic heterocycles. The number of halogens is 3. The molecule has 0 aliphatic rings. The van der Waals surface area contributed by atoms with Crippen LogP contribution in [0.2, 0.25) is 0 Å². The van der Waals surface area contributed by atoms with Crippen molar-refractivity contribution in [3.63, 3.8) is 0 Å². The zero-order valence-corrected chi connectivity index (χ0v) is 14.2. The number of alkyl halides is 2. The average molecular weight is 381 g/mol. The molecule has 0 aliphatic carbocycles. The average Bonchev–Trinajstić information content (AvgIpc) is 2.60. The molecule has 2 aromatic carbocycles. The summed E-state index contributed by atoms with van der Waals surface area (Å²) in [6.07, 6.45) is 0.315. The molecule has 0 spiro atoms. The molecule has 2 rings (SSSR count). The fourth-order valence-electron chi connectivity index (χ4n) is 2.56. The number of nitrogens with one attached hydrogen (secondary N) is 1. The number of aliphatic carboxylic acids is 1. The highest BCUT2D eigenvalue weighted by molar-refractivity contribution is 5.97. The largest absolute Gasteiger partial charge is 0.481 e. The van der Waals surface area contributed by atoms with Crippen LogP contribution in [0, 0.1) is 5.82 Å². The summed E-state index contributed by atoms with van der Waals surface area (Å²) in [5.74, 6) is -3.18. The Bertz CT molecular complexity index is 784. The van der Waals surface area contributed by atoms with Gasteiger partial charge in [-0.15, -0.1) is 0 Å². The third kappa shape index (κ3) is 6.65. The van der Waals surface area contributed by atoms with E-state index in [-0.39, 0.29) is 18.4 Å². The SMILES string of the molecule is O=C(O)CCC(Cc1ccccc1)NC(=O)c1ccc(F)cc1OC(F)F. The van der Waals surface area contributed by atoms with Gasteiger partial charge in [0.05, 0.1) is 5.56 Å². The van der Waals surface area contributed by atoms with Gasteiger partial charge in [-0.25, -0.2) is 4.39 Å². The molecule has 0 saturated heterocycles. The molecule has 1 atom stereocenters. The van der Waals surface area contributed by atoms with E-state index in [4.69, 9.17) is 5.11 Å². The maximum absolute atomic E-state index is 13.3. The van der Waals surface area contributed by atoms with E-state index in [1.807, 2.05) is 18.2 Å². The minimum atomic E-state index is -3.22. The first-order valence-corrected chi connectivity index (χ1v) is 8.16. The number of hydrogen-bond acceptors (Lipinski definition) is 3. The lowest BCUT2D eigenvalue weighted by Gasteiger charge is -2.19. The Balaban J connectivity index is 2.18. The van der Waals surface area contributed by atoms with Crippen molar-refractivity contribution in [1.29, 1.82) is 0 Å². The normalized spacial score (nSPS) is 11.9. The van der Waals surface area contributed by atoms with Crippen LogP contribution >= 0.6 is 0 Å². The number of carboxylic acids is 1. The van der Waals surface area contributed by atoms with E-state index < -0.39 is 36.1 Å². The van der Waals surface area contributed by atoms with Crippen LogP contribution in [0.5, 0.6) is 5.75 Å². The molecular formula is C19H18F3NO4. The van der Waals surface area contributed by atoms with E-state index >= 15 is 0 Å². The summed E-state index contributed by atoms with van der Waals surface area (Å²) in [4.78, 5) is 23.4. The van der Waals surface area contributed by atoms with E-state index in [1.54, 1.807) is 12.1 Å². The standard InChI is InChI=1S/C19H18F3NO4/c20-13-6-8-15(16(11-13)27-19(21)22)18(26)23-14(7-9-17(24)25)10-12-4-2-1-3-5-12/h1-6,8,11,14,19H,7,9-10H2,(H,23,26)(H,24,25). The molecule has 0 saturated carbocycles. The fraction of sp³-hybridized carbons (Fsp3) is 0.263. The van der Waals surface area contributed by atoms with Gasteiger partial charge in [0, 0.05) is 18.5 Å². The molecular weight excluding hydrogens is 363 g/mol. The van der Waals surface area contributed by atoms with Gasteiger partial charge in [-0.2, -0.15) is 8.78 Å². The van der Waals surface area contributed by atoms with Gasteiger partial charge >= 0.3 is 12.6 Å². The molecule has 0 aliphatic heterocycles. The summed E-state index contributed by atoms with van der Waals surface area (Å²) in [6, 6.07) is 11.2. The lowest BCUT2D eigenvalue weighted by Crippen LogP contribution is -2.37. The second kappa shape index (κ2) is 9.61. The van der Waals surface area contributed by atoms with E-state index in [9.17, 15) is 22.8 Å². The number of carbonyl (C=O) groups is 2. The molecule has 0 radical (unpaired) electrons. The van der Waals surface area contributed by atoms with Crippen LogP contribution in [0.3, 0.4) is 0 Å². The van der Waals surface area contributed by atoms with Crippen molar-refractivity contribution >= 4 is 11.9 Å². The highest BCUT2D eigenvalue weighted by Crippen LogP contribution is 2.22. The Hall–Kier alpha value is -3.03. The summed E-state index contributed by atoms with van der Waals surface area (Å²) < 4.78 is 42.5. The van der Waals surface area contributed by atoms with Crippen molar-refractivity contribution in [2.75, 3.05) is 0 Å². The van der Waals surface area contributed by atoms with Crippen LogP contribution in [-0.4, -0.2) is 29.6 Å². The van der Waals surface area contributed by atoms with E-state index in [1.165, 1.54) is 0 Å². The molecule has 2 N–H and O–H groups in total. The molecule has 1 amide bonds. The summed E-state index contributed by atoms with van der Waals surface area (Å²) in [6.45, 7) is -3.22. The lowest BCUT2D eigenvalue weighted by atomic mass is 10.0. The molecule has 144 valence electrons.